The molecule has 18 heavy (non-hydrogen) atoms. The van der Waals surface area contributed by atoms with Crippen LogP contribution in [0.1, 0.15) is 18.4 Å². The van der Waals surface area contributed by atoms with Gasteiger partial charge in [0.2, 0.25) is 0 Å². The Hall–Kier alpha value is -2.13. The van der Waals surface area contributed by atoms with Crippen molar-refractivity contribution in [1.29, 1.82) is 5.26 Å². The third-order valence-electron chi connectivity index (χ3n) is 2.98. The lowest BCUT2D eigenvalue weighted by molar-refractivity contribution is -0.384. The first-order chi connectivity index (χ1) is 8.70. The minimum absolute atomic E-state index is 0.0420. The van der Waals surface area contributed by atoms with Crippen LogP contribution in [0.5, 0.6) is 0 Å². The van der Waals surface area contributed by atoms with Crippen molar-refractivity contribution in [3.05, 3.63) is 33.9 Å². The Morgan fingerprint density at radius 2 is 2.39 bits per heavy atom. The first-order valence-corrected chi connectivity index (χ1v) is 5.86. The third-order valence-corrected chi connectivity index (χ3v) is 2.98. The molecule has 1 saturated heterocycles. The lowest BCUT2D eigenvalue weighted by Gasteiger charge is -2.24. The number of nitro benzene ring substituents is 1. The summed E-state index contributed by atoms with van der Waals surface area (Å²) in [5.74, 6) is 0. The lowest BCUT2D eigenvalue weighted by Crippen LogP contribution is -2.38. The molecule has 1 heterocycles. The minimum Gasteiger partial charge on any atom is -0.375 e. The van der Waals surface area contributed by atoms with E-state index >= 15 is 0 Å². The van der Waals surface area contributed by atoms with Crippen LogP contribution < -0.4 is 10.6 Å². The summed E-state index contributed by atoms with van der Waals surface area (Å²) in [5, 5.41) is 26.1. The highest BCUT2D eigenvalue weighted by atomic mass is 16.6. The van der Waals surface area contributed by atoms with Crippen LogP contribution in [0, 0.1) is 21.4 Å². The van der Waals surface area contributed by atoms with Gasteiger partial charge in [0.05, 0.1) is 16.6 Å². The van der Waals surface area contributed by atoms with Crippen LogP contribution in [-0.2, 0) is 0 Å². The molecule has 0 saturated carbocycles. The van der Waals surface area contributed by atoms with Crippen molar-refractivity contribution in [2.75, 3.05) is 18.4 Å². The second-order valence-electron chi connectivity index (χ2n) is 4.29. The summed E-state index contributed by atoms with van der Waals surface area (Å²) in [7, 11) is 0. The number of nitrogens with zero attached hydrogens (tertiary/aromatic N) is 2. The van der Waals surface area contributed by atoms with Crippen LogP contribution in [0.4, 0.5) is 11.4 Å². The zero-order valence-corrected chi connectivity index (χ0v) is 9.85. The highest BCUT2D eigenvalue weighted by Gasteiger charge is 2.19. The standard InChI is InChI=1S/C12H14N4O2/c13-7-9-3-4-11(12(6-9)16(17)18)15-10-2-1-5-14-8-10/h3-4,6,10,14-15H,1-2,5,8H2. The summed E-state index contributed by atoms with van der Waals surface area (Å²) in [4.78, 5) is 10.5. The van der Waals surface area contributed by atoms with Crippen molar-refractivity contribution in [3.63, 3.8) is 0 Å². The summed E-state index contributed by atoms with van der Waals surface area (Å²) >= 11 is 0. The quantitative estimate of drug-likeness (QED) is 0.624. The van der Waals surface area contributed by atoms with E-state index in [-0.39, 0.29) is 11.7 Å². The zero-order valence-electron chi connectivity index (χ0n) is 9.85. The molecule has 6 heteroatoms. The van der Waals surface area contributed by atoms with Gasteiger partial charge in [0.25, 0.3) is 5.69 Å². The Bertz CT molecular complexity index is 489. The molecular formula is C12H14N4O2. The average Bonchev–Trinajstić information content (AvgIpc) is 2.40. The Morgan fingerprint density at radius 1 is 1.56 bits per heavy atom. The fourth-order valence-corrected chi connectivity index (χ4v) is 2.07. The number of benzene rings is 1. The van der Waals surface area contributed by atoms with Gasteiger partial charge in [0, 0.05) is 18.7 Å². The summed E-state index contributed by atoms with van der Waals surface area (Å²) in [5.41, 5.74) is 0.737. The minimum atomic E-state index is -0.459. The van der Waals surface area contributed by atoms with Crippen LogP contribution in [0.3, 0.4) is 0 Å². The highest BCUT2D eigenvalue weighted by Crippen LogP contribution is 2.26. The summed E-state index contributed by atoms with van der Waals surface area (Å²) in [6.07, 6.45) is 2.05. The van der Waals surface area contributed by atoms with Gasteiger partial charge < -0.3 is 10.6 Å². The van der Waals surface area contributed by atoms with E-state index in [4.69, 9.17) is 5.26 Å². The maximum absolute atomic E-state index is 11.0. The molecule has 2 rings (SSSR count). The van der Waals surface area contributed by atoms with E-state index in [1.165, 1.54) is 6.07 Å². The molecule has 2 N–H and O–H groups in total. The third kappa shape index (κ3) is 2.76. The molecule has 1 aliphatic heterocycles. The average molecular weight is 246 g/mol. The van der Waals surface area contributed by atoms with Crippen LogP contribution in [0.15, 0.2) is 18.2 Å². The summed E-state index contributed by atoms with van der Waals surface area (Å²) < 4.78 is 0. The predicted molar refractivity (Wildman–Crippen MR) is 67.3 cm³/mol. The Kier molecular flexibility index (Phi) is 3.75. The van der Waals surface area contributed by atoms with Crippen LogP contribution >= 0.6 is 0 Å². The van der Waals surface area contributed by atoms with Gasteiger partial charge >= 0.3 is 0 Å². The molecule has 0 aliphatic carbocycles. The molecule has 1 aliphatic rings. The molecule has 94 valence electrons. The number of nitriles is 1. The van der Waals surface area contributed by atoms with Crippen molar-refractivity contribution in [2.45, 2.75) is 18.9 Å². The van der Waals surface area contributed by atoms with E-state index in [1.54, 1.807) is 12.1 Å². The molecule has 1 aromatic carbocycles. The van der Waals surface area contributed by atoms with E-state index in [0.717, 1.165) is 25.9 Å². The summed E-state index contributed by atoms with van der Waals surface area (Å²) in [6.45, 7) is 1.80. The molecule has 1 unspecified atom stereocenters. The lowest BCUT2D eigenvalue weighted by atomic mass is 10.1. The second-order valence-corrected chi connectivity index (χ2v) is 4.29. The van der Waals surface area contributed by atoms with Gasteiger partial charge in [-0.05, 0) is 31.5 Å². The number of anilines is 1. The Balaban J connectivity index is 2.21. The fraction of sp³-hybridized carbons (Fsp3) is 0.417. The molecule has 0 amide bonds. The predicted octanol–water partition coefficient (Wildman–Crippen LogP) is 1.63. The normalized spacial score (nSPS) is 18.9. The zero-order chi connectivity index (χ0) is 13.0. The SMILES string of the molecule is N#Cc1ccc(NC2CCCNC2)c([N+](=O)[O-])c1. The molecule has 1 fully saturated rings. The maximum atomic E-state index is 11.0. The Morgan fingerprint density at radius 3 is 3.00 bits per heavy atom. The van der Waals surface area contributed by atoms with E-state index in [1.807, 2.05) is 6.07 Å². The van der Waals surface area contributed by atoms with Crippen molar-refractivity contribution in [1.82, 2.24) is 5.32 Å². The molecule has 1 atom stereocenters. The van der Waals surface area contributed by atoms with Gasteiger partial charge in [-0.25, -0.2) is 0 Å². The number of hydrogen-bond donors (Lipinski definition) is 2. The fourth-order valence-electron chi connectivity index (χ4n) is 2.07. The van der Waals surface area contributed by atoms with Crippen LogP contribution in [0.25, 0.3) is 0 Å². The largest absolute Gasteiger partial charge is 0.375 e. The first-order valence-electron chi connectivity index (χ1n) is 5.86. The molecule has 0 spiro atoms. The topological polar surface area (TPSA) is 91.0 Å². The molecule has 0 aromatic heterocycles. The maximum Gasteiger partial charge on any atom is 0.293 e. The molecule has 0 bridgehead atoms. The summed E-state index contributed by atoms with van der Waals surface area (Å²) in [6, 6.07) is 6.60. The van der Waals surface area contributed by atoms with Crippen LogP contribution in [0.2, 0.25) is 0 Å². The first kappa shape index (κ1) is 12.3. The van der Waals surface area contributed by atoms with Crippen LogP contribution in [-0.4, -0.2) is 24.1 Å². The van der Waals surface area contributed by atoms with Crippen molar-refractivity contribution >= 4 is 11.4 Å². The van der Waals surface area contributed by atoms with E-state index < -0.39 is 4.92 Å². The van der Waals surface area contributed by atoms with Gasteiger partial charge in [-0.1, -0.05) is 0 Å². The second kappa shape index (κ2) is 5.47. The number of nitro groups is 1. The molecule has 1 aromatic rings. The van der Waals surface area contributed by atoms with E-state index in [2.05, 4.69) is 10.6 Å². The van der Waals surface area contributed by atoms with Gasteiger partial charge in [-0.2, -0.15) is 5.26 Å². The smallest absolute Gasteiger partial charge is 0.293 e. The van der Waals surface area contributed by atoms with Crippen molar-refractivity contribution in [3.8, 4) is 6.07 Å². The van der Waals surface area contributed by atoms with Crippen molar-refractivity contribution in [2.24, 2.45) is 0 Å². The Labute approximate surface area is 105 Å². The number of nitrogens with one attached hydrogen (secondary N) is 2. The van der Waals surface area contributed by atoms with Gasteiger partial charge in [-0.3, -0.25) is 10.1 Å². The highest BCUT2D eigenvalue weighted by molar-refractivity contribution is 5.64. The van der Waals surface area contributed by atoms with Crippen molar-refractivity contribution < 1.29 is 4.92 Å². The number of rotatable bonds is 3. The number of piperidine rings is 1. The van der Waals surface area contributed by atoms with E-state index in [9.17, 15) is 10.1 Å². The molecule has 6 nitrogen and oxygen atoms in total. The molecule has 0 radical (unpaired) electrons. The number of hydrogen-bond acceptors (Lipinski definition) is 5. The van der Waals surface area contributed by atoms with E-state index in [0.29, 0.717) is 11.3 Å². The monoisotopic (exact) mass is 246 g/mol. The van der Waals surface area contributed by atoms with Gasteiger partial charge in [0.1, 0.15) is 5.69 Å². The van der Waals surface area contributed by atoms with Gasteiger partial charge in [0.15, 0.2) is 0 Å². The molecular weight excluding hydrogens is 232 g/mol. The van der Waals surface area contributed by atoms with Gasteiger partial charge in [-0.15, -0.1) is 0 Å².